The predicted molar refractivity (Wildman–Crippen MR) is 80.1 cm³/mol. The van der Waals surface area contributed by atoms with Crippen LogP contribution in [0, 0.1) is 0 Å². The molecule has 1 saturated heterocycles. The normalized spacial score (nSPS) is 25.4. The summed E-state index contributed by atoms with van der Waals surface area (Å²) in [7, 11) is -3.65. The van der Waals surface area contributed by atoms with Crippen LogP contribution in [-0.4, -0.2) is 51.1 Å². The number of amides is 2. The fourth-order valence-corrected chi connectivity index (χ4v) is 4.03. The molecule has 3 rings (SSSR count). The summed E-state index contributed by atoms with van der Waals surface area (Å²) in [5.41, 5.74) is 0. The maximum absolute atomic E-state index is 12.4. The Morgan fingerprint density at radius 3 is 3.00 bits per heavy atom. The molecule has 1 aromatic carbocycles. The van der Waals surface area contributed by atoms with Crippen LogP contribution in [0.15, 0.2) is 41.8 Å². The molecule has 22 heavy (non-hydrogen) atoms. The Morgan fingerprint density at radius 1 is 1.45 bits per heavy atom. The number of carbonyl (C=O) groups is 1. The van der Waals surface area contributed by atoms with E-state index in [9.17, 15) is 13.2 Å². The summed E-state index contributed by atoms with van der Waals surface area (Å²) in [4.78, 5) is 13.6. The van der Waals surface area contributed by atoms with Gasteiger partial charge < -0.3 is 15.0 Å². The minimum Gasteiger partial charge on any atom is -0.485 e. The maximum atomic E-state index is 12.4. The van der Waals surface area contributed by atoms with Crippen molar-refractivity contribution in [1.29, 1.82) is 0 Å². The number of fused-ring (bicyclic) bond motifs is 2. The topological polar surface area (TPSA) is 87.7 Å². The minimum absolute atomic E-state index is 0.132. The molecule has 0 spiro atoms. The number of hydrogen-bond donors (Lipinski definition) is 2. The molecule has 1 aromatic rings. The summed E-state index contributed by atoms with van der Waals surface area (Å²) in [6, 6.07) is 5.77. The lowest BCUT2D eigenvalue weighted by atomic mass is 10.2. The van der Waals surface area contributed by atoms with E-state index in [2.05, 4.69) is 16.6 Å². The average molecular weight is 323 g/mol. The molecular formula is C14H17N3O4S. The van der Waals surface area contributed by atoms with E-state index in [0.717, 1.165) is 0 Å². The van der Waals surface area contributed by atoms with Gasteiger partial charge in [-0.25, -0.2) is 17.9 Å². The number of urea groups is 1. The van der Waals surface area contributed by atoms with E-state index in [1.165, 1.54) is 11.0 Å². The molecule has 1 fully saturated rings. The van der Waals surface area contributed by atoms with E-state index in [4.69, 9.17) is 4.74 Å². The average Bonchev–Trinajstić information content (AvgIpc) is 2.83. The number of hydrogen-bond acceptors (Lipinski definition) is 4. The SMILES string of the molecule is C=CCNC(=O)N1CC2NS(=O)(=O)c3ccccc3OC2C1. The zero-order chi connectivity index (χ0) is 15.7. The van der Waals surface area contributed by atoms with Crippen molar-refractivity contribution in [2.75, 3.05) is 19.6 Å². The second-order valence-corrected chi connectivity index (χ2v) is 6.89. The van der Waals surface area contributed by atoms with Gasteiger partial charge >= 0.3 is 6.03 Å². The minimum atomic E-state index is -3.65. The third-order valence-corrected chi connectivity index (χ3v) is 5.20. The number of ether oxygens (including phenoxy) is 1. The molecule has 8 heteroatoms. The largest absolute Gasteiger partial charge is 0.485 e. The highest BCUT2D eigenvalue weighted by atomic mass is 32.2. The molecule has 2 amide bonds. The van der Waals surface area contributed by atoms with Crippen LogP contribution in [0.4, 0.5) is 4.79 Å². The monoisotopic (exact) mass is 323 g/mol. The van der Waals surface area contributed by atoms with Crippen LogP contribution in [0.2, 0.25) is 0 Å². The van der Waals surface area contributed by atoms with Gasteiger partial charge in [0.1, 0.15) is 16.7 Å². The molecule has 7 nitrogen and oxygen atoms in total. The standard InChI is InChI=1S/C14H17N3O4S/c1-2-7-15-14(18)17-8-10-12(9-17)21-11-5-3-4-6-13(11)22(19,20)16-10/h2-6,10,12,16H,1,7-9H2,(H,15,18). The van der Waals surface area contributed by atoms with Gasteiger partial charge in [0.15, 0.2) is 0 Å². The van der Waals surface area contributed by atoms with Crippen molar-refractivity contribution in [3.8, 4) is 5.75 Å². The molecular weight excluding hydrogens is 306 g/mol. The quantitative estimate of drug-likeness (QED) is 0.767. The van der Waals surface area contributed by atoms with Gasteiger partial charge in [-0.3, -0.25) is 0 Å². The first-order chi connectivity index (χ1) is 10.5. The lowest BCUT2D eigenvalue weighted by molar-refractivity contribution is 0.180. The van der Waals surface area contributed by atoms with Gasteiger partial charge in [-0.2, -0.15) is 0 Å². The zero-order valence-corrected chi connectivity index (χ0v) is 12.7. The van der Waals surface area contributed by atoms with Crippen LogP contribution < -0.4 is 14.8 Å². The fourth-order valence-electron chi connectivity index (χ4n) is 2.64. The summed E-state index contributed by atoms with van der Waals surface area (Å²) >= 11 is 0. The van der Waals surface area contributed by atoms with E-state index >= 15 is 0 Å². The van der Waals surface area contributed by atoms with Crippen molar-refractivity contribution in [3.63, 3.8) is 0 Å². The fraction of sp³-hybridized carbons (Fsp3) is 0.357. The number of nitrogens with one attached hydrogen (secondary N) is 2. The molecule has 0 saturated carbocycles. The lowest BCUT2D eigenvalue weighted by Crippen LogP contribution is -2.43. The smallest absolute Gasteiger partial charge is 0.317 e. The highest BCUT2D eigenvalue weighted by Crippen LogP contribution is 2.30. The molecule has 2 heterocycles. The van der Waals surface area contributed by atoms with Crippen LogP contribution in [0.25, 0.3) is 0 Å². The molecule has 118 valence electrons. The number of para-hydroxylation sites is 1. The van der Waals surface area contributed by atoms with Crippen LogP contribution in [0.3, 0.4) is 0 Å². The molecule has 0 radical (unpaired) electrons. The van der Waals surface area contributed by atoms with Crippen molar-refractivity contribution < 1.29 is 17.9 Å². The van der Waals surface area contributed by atoms with Crippen LogP contribution >= 0.6 is 0 Å². The Balaban J connectivity index is 1.82. The Labute approximate surface area is 129 Å². The van der Waals surface area contributed by atoms with Gasteiger partial charge in [-0.1, -0.05) is 18.2 Å². The summed E-state index contributed by atoms with van der Waals surface area (Å²) < 4.78 is 33.2. The Kier molecular flexibility index (Phi) is 3.79. The van der Waals surface area contributed by atoms with Crippen molar-refractivity contribution in [3.05, 3.63) is 36.9 Å². The van der Waals surface area contributed by atoms with E-state index in [1.54, 1.807) is 24.3 Å². The van der Waals surface area contributed by atoms with E-state index in [1.807, 2.05) is 0 Å². The molecule has 0 aliphatic carbocycles. The predicted octanol–water partition coefficient (Wildman–Crippen LogP) is 0.306. The Hall–Kier alpha value is -2.06. The van der Waals surface area contributed by atoms with Gasteiger partial charge in [0.2, 0.25) is 10.0 Å². The maximum Gasteiger partial charge on any atom is 0.317 e. The first kappa shape index (κ1) is 14.9. The molecule has 0 aromatic heterocycles. The number of carbonyl (C=O) groups excluding carboxylic acids is 1. The second-order valence-electron chi connectivity index (χ2n) is 5.21. The highest BCUT2D eigenvalue weighted by Gasteiger charge is 2.42. The van der Waals surface area contributed by atoms with Gasteiger partial charge in [0.25, 0.3) is 0 Å². The number of nitrogens with zero attached hydrogens (tertiary/aromatic N) is 1. The molecule has 0 bridgehead atoms. The highest BCUT2D eigenvalue weighted by molar-refractivity contribution is 7.89. The summed E-state index contributed by atoms with van der Waals surface area (Å²) in [5.74, 6) is 0.316. The third-order valence-electron chi connectivity index (χ3n) is 3.67. The van der Waals surface area contributed by atoms with Gasteiger partial charge in [0, 0.05) is 13.1 Å². The number of sulfonamides is 1. The van der Waals surface area contributed by atoms with Gasteiger partial charge in [-0.05, 0) is 12.1 Å². The number of rotatable bonds is 2. The third kappa shape index (κ3) is 2.67. The van der Waals surface area contributed by atoms with Crippen molar-refractivity contribution in [2.24, 2.45) is 0 Å². The summed E-state index contributed by atoms with van der Waals surface area (Å²) in [6.45, 7) is 4.49. The molecule has 2 unspecified atom stereocenters. The molecule has 2 atom stereocenters. The van der Waals surface area contributed by atoms with Crippen LogP contribution in [-0.2, 0) is 10.0 Å². The zero-order valence-electron chi connectivity index (χ0n) is 11.9. The van der Waals surface area contributed by atoms with Crippen molar-refractivity contribution >= 4 is 16.1 Å². The summed E-state index contributed by atoms with van der Waals surface area (Å²) in [6.07, 6.45) is 1.18. The van der Waals surface area contributed by atoms with E-state index in [-0.39, 0.29) is 17.5 Å². The first-order valence-corrected chi connectivity index (χ1v) is 8.41. The number of likely N-dealkylation sites (tertiary alicyclic amines) is 1. The van der Waals surface area contributed by atoms with Crippen LogP contribution in [0.5, 0.6) is 5.75 Å². The first-order valence-electron chi connectivity index (χ1n) is 6.93. The van der Waals surface area contributed by atoms with E-state index < -0.39 is 22.2 Å². The molecule has 2 aliphatic rings. The van der Waals surface area contributed by atoms with Crippen molar-refractivity contribution in [1.82, 2.24) is 14.9 Å². The van der Waals surface area contributed by atoms with E-state index in [0.29, 0.717) is 18.8 Å². The molecule has 2 N–H and O–H groups in total. The Morgan fingerprint density at radius 2 is 2.23 bits per heavy atom. The number of benzene rings is 1. The van der Waals surface area contributed by atoms with Gasteiger partial charge in [0.05, 0.1) is 12.6 Å². The van der Waals surface area contributed by atoms with Gasteiger partial charge in [-0.15, -0.1) is 6.58 Å². The van der Waals surface area contributed by atoms with Crippen molar-refractivity contribution in [2.45, 2.75) is 17.0 Å². The lowest BCUT2D eigenvalue weighted by Gasteiger charge is -2.17. The Bertz CT molecular complexity index is 704. The van der Waals surface area contributed by atoms with Crippen LogP contribution in [0.1, 0.15) is 0 Å². The molecule has 2 aliphatic heterocycles. The second kappa shape index (κ2) is 5.62. The summed E-state index contributed by atoms with van der Waals surface area (Å²) in [5, 5.41) is 2.68.